The molecule has 0 aliphatic rings. The zero-order chi connectivity index (χ0) is 9.68. The number of aryl methyl sites for hydroxylation is 1. The Hall–Kier alpha value is 0.240. The van der Waals surface area contributed by atoms with E-state index in [2.05, 4.69) is 41.6 Å². The highest BCUT2D eigenvalue weighted by Crippen LogP contribution is 2.14. The van der Waals surface area contributed by atoms with Crippen LogP contribution in [-0.2, 0) is 6.42 Å². The van der Waals surface area contributed by atoms with Crippen molar-refractivity contribution in [2.75, 3.05) is 0 Å². The molecule has 0 amide bonds. The highest BCUT2D eigenvalue weighted by Gasteiger charge is 1.97. The summed E-state index contributed by atoms with van der Waals surface area (Å²) in [4.78, 5) is 0. The molecule has 72 valence electrons. The Labute approximate surface area is 98.8 Å². The summed E-state index contributed by atoms with van der Waals surface area (Å²) < 4.78 is 0.782. The molecule has 0 fully saturated rings. The smallest absolute Gasteiger partial charge is 0.0406 e. The quantitative estimate of drug-likeness (QED) is 0.568. The van der Waals surface area contributed by atoms with Crippen molar-refractivity contribution < 1.29 is 0 Å². The lowest BCUT2D eigenvalue weighted by Gasteiger charge is -2.03. The van der Waals surface area contributed by atoms with E-state index in [0.717, 1.165) is 8.95 Å². The Morgan fingerprint density at radius 1 is 1.31 bits per heavy atom. The first kappa shape index (κ1) is 11.3. The van der Waals surface area contributed by atoms with Crippen molar-refractivity contribution >= 4 is 34.2 Å². The first-order valence-corrected chi connectivity index (χ1v) is 6.19. The molecule has 0 spiro atoms. The Morgan fingerprint density at radius 2 is 1.92 bits per heavy atom. The second-order valence-corrected chi connectivity index (χ2v) is 5.86. The van der Waals surface area contributed by atoms with Crippen LogP contribution < -0.4 is 0 Å². The zero-order valence-electron chi connectivity index (χ0n) is 7.76. The summed E-state index contributed by atoms with van der Waals surface area (Å²) in [5, 5.41) is 0.825. The van der Waals surface area contributed by atoms with E-state index in [1.807, 2.05) is 12.1 Å². The minimum Gasteiger partial charge on any atom is -0.0843 e. The summed E-state index contributed by atoms with van der Waals surface area (Å²) in [6.07, 6.45) is 3.74. The number of benzene rings is 1. The first-order valence-electron chi connectivity index (χ1n) is 4.57. The molecule has 0 bridgehead atoms. The molecule has 13 heavy (non-hydrogen) atoms. The molecule has 0 N–H and O–H groups in total. The van der Waals surface area contributed by atoms with Crippen LogP contribution in [0.5, 0.6) is 0 Å². The van der Waals surface area contributed by atoms with Crippen LogP contribution in [0.15, 0.2) is 24.3 Å². The van der Waals surface area contributed by atoms with E-state index in [0.29, 0.717) is 0 Å². The van der Waals surface area contributed by atoms with Gasteiger partial charge >= 0.3 is 0 Å². The SMILES string of the molecule is CC(I)CCCc1ccc(Cl)cc1. The van der Waals surface area contributed by atoms with Crippen LogP contribution in [0, 0.1) is 0 Å². The van der Waals surface area contributed by atoms with Gasteiger partial charge in [0.15, 0.2) is 0 Å². The Bertz CT molecular complexity index is 241. The largest absolute Gasteiger partial charge is 0.0843 e. The van der Waals surface area contributed by atoms with Gasteiger partial charge in [0.25, 0.3) is 0 Å². The van der Waals surface area contributed by atoms with Gasteiger partial charge in [0.1, 0.15) is 0 Å². The molecule has 0 nitrogen and oxygen atoms in total. The minimum absolute atomic E-state index is 0.782. The summed E-state index contributed by atoms with van der Waals surface area (Å²) in [5.74, 6) is 0. The van der Waals surface area contributed by atoms with Crippen molar-refractivity contribution in [3.63, 3.8) is 0 Å². The lowest BCUT2D eigenvalue weighted by molar-refractivity contribution is 0.744. The average Bonchev–Trinajstić information content (AvgIpc) is 2.08. The molecule has 1 atom stereocenters. The Kier molecular flexibility index (Phi) is 5.10. The second kappa shape index (κ2) is 5.86. The van der Waals surface area contributed by atoms with Crippen molar-refractivity contribution in [3.05, 3.63) is 34.9 Å². The van der Waals surface area contributed by atoms with Gasteiger partial charge in [-0.05, 0) is 37.0 Å². The van der Waals surface area contributed by atoms with E-state index in [4.69, 9.17) is 11.6 Å². The van der Waals surface area contributed by atoms with Crippen molar-refractivity contribution in [3.8, 4) is 0 Å². The third-order valence-corrected chi connectivity index (χ3v) is 2.86. The first-order chi connectivity index (χ1) is 6.18. The predicted molar refractivity (Wildman–Crippen MR) is 67.9 cm³/mol. The Morgan fingerprint density at radius 3 is 2.46 bits per heavy atom. The molecule has 0 aliphatic heterocycles. The van der Waals surface area contributed by atoms with Crippen molar-refractivity contribution in [2.24, 2.45) is 0 Å². The third-order valence-electron chi connectivity index (χ3n) is 1.98. The molecule has 0 radical (unpaired) electrons. The van der Waals surface area contributed by atoms with E-state index >= 15 is 0 Å². The fourth-order valence-electron chi connectivity index (χ4n) is 1.24. The topological polar surface area (TPSA) is 0 Å². The lowest BCUT2D eigenvalue weighted by Crippen LogP contribution is -1.92. The summed E-state index contributed by atoms with van der Waals surface area (Å²) in [5.41, 5.74) is 1.39. The second-order valence-electron chi connectivity index (χ2n) is 3.30. The van der Waals surface area contributed by atoms with Gasteiger partial charge in [0.2, 0.25) is 0 Å². The van der Waals surface area contributed by atoms with Gasteiger partial charge in [-0.1, -0.05) is 53.2 Å². The maximum atomic E-state index is 5.79. The van der Waals surface area contributed by atoms with Gasteiger partial charge in [-0.2, -0.15) is 0 Å². The molecule has 0 saturated heterocycles. The maximum absolute atomic E-state index is 5.79. The van der Waals surface area contributed by atoms with Gasteiger partial charge in [0, 0.05) is 8.95 Å². The van der Waals surface area contributed by atoms with Crippen LogP contribution in [0.2, 0.25) is 5.02 Å². The number of hydrogen-bond donors (Lipinski definition) is 0. The molecule has 1 rings (SSSR count). The summed E-state index contributed by atoms with van der Waals surface area (Å²) in [6.45, 7) is 2.25. The molecule has 1 aromatic carbocycles. The molecule has 0 heterocycles. The van der Waals surface area contributed by atoms with Crippen LogP contribution in [0.1, 0.15) is 25.3 Å². The highest BCUT2D eigenvalue weighted by atomic mass is 127. The van der Waals surface area contributed by atoms with Crippen LogP contribution in [-0.4, -0.2) is 3.92 Å². The monoisotopic (exact) mass is 308 g/mol. The maximum Gasteiger partial charge on any atom is 0.0406 e. The van der Waals surface area contributed by atoms with E-state index in [1.54, 1.807) is 0 Å². The Balaban J connectivity index is 2.33. The van der Waals surface area contributed by atoms with E-state index in [9.17, 15) is 0 Å². The molecule has 1 aromatic rings. The number of rotatable bonds is 4. The summed E-state index contributed by atoms with van der Waals surface area (Å²) in [7, 11) is 0. The lowest BCUT2D eigenvalue weighted by atomic mass is 10.1. The predicted octanol–water partition coefficient (Wildman–Crippen LogP) is 4.49. The zero-order valence-corrected chi connectivity index (χ0v) is 10.7. The van der Waals surface area contributed by atoms with Crippen LogP contribution in [0.4, 0.5) is 0 Å². The van der Waals surface area contributed by atoms with Crippen LogP contribution in [0.25, 0.3) is 0 Å². The van der Waals surface area contributed by atoms with Gasteiger partial charge in [-0.25, -0.2) is 0 Å². The third kappa shape index (κ3) is 4.87. The molecular weight excluding hydrogens is 294 g/mol. The fourth-order valence-corrected chi connectivity index (χ4v) is 1.80. The molecule has 1 unspecified atom stereocenters. The normalized spacial score (nSPS) is 12.8. The van der Waals surface area contributed by atoms with Gasteiger partial charge in [0.05, 0.1) is 0 Å². The molecule has 0 saturated carbocycles. The summed E-state index contributed by atoms with van der Waals surface area (Å²) >= 11 is 8.26. The number of halogens is 2. The van der Waals surface area contributed by atoms with E-state index in [1.165, 1.54) is 24.8 Å². The highest BCUT2D eigenvalue weighted by molar-refractivity contribution is 14.1. The molecule has 2 heteroatoms. The standard InChI is InChI=1S/C11H14ClI/c1-9(13)3-2-4-10-5-7-11(12)8-6-10/h5-9H,2-4H2,1H3. The number of alkyl halides is 1. The van der Waals surface area contributed by atoms with E-state index in [-0.39, 0.29) is 0 Å². The van der Waals surface area contributed by atoms with Gasteiger partial charge < -0.3 is 0 Å². The van der Waals surface area contributed by atoms with Crippen molar-refractivity contribution in [1.82, 2.24) is 0 Å². The minimum atomic E-state index is 0.782. The fraction of sp³-hybridized carbons (Fsp3) is 0.455. The van der Waals surface area contributed by atoms with E-state index < -0.39 is 0 Å². The number of hydrogen-bond acceptors (Lipinski definition) is 0. The van der Waals surface area contributed by atoms with Crippen molar-refractivity contribution in [2.45, 2.75) is 30.1 Å². The van der Waals surface area contributed by atoms with Crippen LogP contribution in [0.3, 0.4) is 0 Å². The molecule has 0 aromatic heterocycles. The van der Waals surface area contributed by atoms with Crippen LogP contribution >= 0.6 is 34.2 Å². The van der Waals surface area contributed by atoms with Gasteiger partial charge in [-0.15, -0.1) is 0 Å². The molecule has 0 aliphatic carbocycles. The summed E-state index contributed by atoms with van der Waals surface area (Å²) in [6, 6.07) is 8.15. The molecular formula is C11H14ClI. The van der Waals surface area contributed by atoms with Crippen molar-refractivity contribution in [1.29, 1.82) is 0 Å². The van der Waals surface area contributed by atoms with Gasteiger partial charge in [-0.3, -0.25) is 0 Å². The average molecular weight is 309 g/mol.